The van der Waals surface area contributed by atoms with Gasteiger partial charge in [0.05, 0.1) is 11.6 Å². The van der Waals surface area contributed by atoms with Crippen LogP contribution >= 0.6 is 0 Å². The van der Waals surface area contributed by atoms with Crippen LogP contribution in [0, 0.1) is 23.1 Å². The monoisotopic (exact) mass is 312 g/mol. The number of benzene rings is 1. The van der Waals surface area contributed by atoms with Crippen LogP contribution in [0.15, 0.2) is 36.4 Å². The first-order valence-electron chi connectivity index (χ1n) is 7.47. The summed E-state index contributed by atoms with van der Waals surface area (Å²) in [5.41, 5.74) is 0.686. The zero-order valence-corrected chi connectivity index (χ0v) is 12.6. The Labute approximate surface area is 134 Å². The Morgan fingerprint density at radius 2 is 2.22 bits per heavy atom. The maximum Gasteiger partial charge on any atom is 0.215 e. The van der Waals surface area contributed by atoms with Crippen LogP contribution in [0.5, 0.6) is 5.88 Å². The van der Waals surface area contributed by atoms with E-state index < -0.39 is 5.82 Å². The summed E-state index contributed by atoms with van der Waals surface area (Å²) in [5.74, 6) is 1.37. The third-order valence-electron chi connectivity index (χ3n) is 3.72. The lowest BCUT2D eigenvalue weighted by Crippen LogP contribution is -2.45. The summed E-state index contributed by atoms with van der Waals surface area (Å²) < 4.78 is 19.4. The van der Waals surface area contributed by atoms with Crippen LogP contribution in [0.1, 0.15) is 11.1 Å². The summed E-state index contributed by atoms with van der Waals surface area (Å²) in [6.07, 6.45) is 0. The molecule has 0 amide bonds. The van der Waals surface area contributed by atoms with E-state index in [1.165, 1.54) is 6.07 Å². The molecule has 1 aliphatic rings. The van der Waals surface area contributed by atoms with E-state index in [1.807, 2.05) is 18.2 Å². The smallest absolute Gasteiger partial charge is 0.215 e. The molecule has 2 N–H and O–H groups in total. The fraction of sp³-hybridized carbons (Fsp3) is 0.294. The molecule has 0 unspecified atom stereocenters. The predicted octanol–water partition coefficient (Wildman–Crippen LogP) is 2.30. The van der Waals surface area contributed by atoms with Crippen molar-refractivity contribution in [2.75, 3.05) is 25.0 Å². The zero-order valence-electron chi connectivity index (χ0n) is 12.6. The fourth-order valence-corrected chi connectivity index (χ4v) is 2.22. The van der Waals surface area contributed by atoms with Crippen molar-refractivity contribution in [3.05, 3.63) is 53.3 Å². The first-order chi connectivity index (χ1) is 11.2. The van der Waals surface area contributed by atoms with Crippen LogP contribution in [0.25, 0.3) is 0 Å². The van der Waals surface area contributed by atoms with Crippen LogP contribution in [-0.2, 0) is 6.61 Å². The van der Waals surface area contributed by atoms with Crippen LogP contribution in [-0.4, -0.2) is 24.6 Å². The molecule has 0 atom stereocenters. The quantitative estimate of drug-likeness (QED) is 0.856. The third-order valence-corrected chi connectivity index (χ3v) is 3.72. The highest BCUT2D eigenvalue weighted by atomic mass is 19.1. The second kappa shape index (κ2) is 7.07. The Balaban J connectivity index is 1.58. The van der Waals surface area contributed by atoms with Gasteiger partial charge in [-0.25, -0.2) is 4.39 Å². The highest BCUT2D eigenvalue weighted by molar-refractivity contribution is 5.37. The molecule has 1 aromatic carbocycles. The predicted molar refractivity (Wildman–Crippen MR) is 84.5 cm³/mol. The molecule has 0 saturated carbocycles. The van der Waals surface area contributed by atoms with Gasteiger partial charge in [-0.05, 0) is 18.2 Å². The highest BCUT2D eigenvalue weighted by Crippen LogP contribution is 2.16. The van der Waals surface area contributed by atoms with Crippen LogP contribution < -0.4 is 15.4 Å². The van der Waals surface area contributed by atoms with Crippen molar-refractivity contribution >= 4 is 5.82 Å². The van der Waals surface area contributed by atoms with Gasteiger partial charge in [-0.3, -0.25) is 0 Å². The Kier molecular flexibility index (Phi) is 4.69. The molecular formula is C17H17FN4O. The number of rotatable bonds is 6. The molecule has 1 aliphatic heterocycles. The molecule has 0 spiro atoms. The Hall–Kier alpha value is -2.65. The number of hydrogen-bond acceptors (Lipinski definition) is 5. The molecule has 1 saturated heterocycles. The van der Waals surface area contributed by atoms with E-state index in [2.05, 4.69) is 15.6 Å². The van der Waals surface area contributed by atoms with Crippen molar-refractivity contribution in [3.8, 4) is 11.9 Å². The molecule has 0 radical (unpaired) electrons. The van der Waals surface area contributed by atoms with Crippen molar-refractivity contribution in [1.82, 2.24) is 10.3 Å². The number of nitrogens with one attached hydrogen (secondary N) is 2. The number of ether oxygens (including phenoxy) is 1. The van der Waals surface area contributed by atoms with Gasteiger partial charge >= 0.3 is 0 Å². The first-order valence-corrected chi connectivity index (χ1v) is 7.47. The molecule has 5 nitrogen and oxygen atoms in total. The Morgan fingerprint density at radius 1 is 1.35 bits per heavy atom. The van der Waals surface area contributed by atoms with E-state index in [1.54, 1.807) is 18.2 Å². The molecule has 3 rings (SSSR count). The minimum atomic E-state index is -0.448. The lowest BCUT2D eigenvalue weighted by Gasteiger charge is -2.27. The molecule has 2 aromatic rings. The first kappa shape index (κ1) is 15.3. The average Bonchev–Trinajstić information content (AvgIpc) is 2.52. The van der Waals surface area contributed by atoms with Crippen LogP contribution in [0.3, 0.4) is 0 Å². The molecule has 1 aromatic heterocycles. The minimum absolute atomic E-state index is 0.0700. The third kappa shape index (κ3) is 3.96. The van der Waals surface area contributed by atoms with Crippen molar-refractivity contribution in [2.45, 2.75) is 6.61 Å². The van der Waals surface area contributed by atoms with Crippen molar-refractivity contribution in [3.63, 3.8) is 0 Å². The second-order valence-electron chi connectivity index (χ2n) is 5.47. The molecule has 0 bridgehead atoms. The molecule has 118 valence electrons. The molecule has 23 heavy (non-hydrogen) atoms. The molecule has 6 heteroatoms. The van der Waals surface area contributed by atoms with Crippen LogP contribution in [0.2, 0.25) is 0 Å². The Morgan fingerprint density at radius 3 is 2.91 bits per heavy atom. The summed E-state index contributed by atoms with van der Waals surface area (Å²) >= 11 is 0. The summed E-state index contributed by atoms with van der Waals surface area (Å²) in [6, 6.07) is 11.7. The van der Waals surface area contributed by atoms with Crippen molar-refractivity contribution < 1.29 is 9.13 Å². The number of anilines is 1. The van der Waals surface area contributed by atoms with Gasteiger partial charge in [0, 0.05) is 37.2 Å². The number of nitriles is 1. The standard InChI is InChI=1S/C17H17FN4O/c18-15-6-12(7-19)4-5-14(15)11-23-17-3-1-2-16(22-17)21-10-13-8-20-9-13/h1-6,13,20H,8-11H2,(H,21,22). The maximum absolute atomic E-state index is 13.8. The Bertz CT molecular complexity index is 725. The lowest BCUT2D eigenvalue weighted by molar-refractivity contribution is 0.288. The van der Waals surface area contributed by atoms with Crippen molar-refractivity contribution in [1.29, 1.82) is 5.26 Å². The minimum Gasteiger partial charge on any atom is -0.473 e. The summed E-state index contributed by atoms with van der Waals surface area (Å²) in [6.45, 7) is 3.00. The zero-order chi connectivity index (χ0) is 16.1. The van der Waals surface area contributed by atoms with Gasteiger partial charge in [0.25, 0.3) is 0 Å². The van der Waals surface area contributed by atoms with E-state index in [-0.39, 0.29) is 6.61 Å². The number of nitrogens with zero attached hydrogens (tertiary/aromatic N) is 2. The summed E-state index contributed by atoms with van der Waals surface area (Å²) in [5, 5.41) is 15.2. The van der Waals surface area contributed by atoms with Gasteiger partial charge in [-0.1, -0.05) is 12.1 Å². The fourth-order valence-electron chi connectivity index (χ4n) is 2.22. The molecule has 2 heterocycles. The maximum atomic E-state index is 13.8. The SMILES string of the molecule is N#Cc1ccc(COc2cccc(NCC3CNC3)n2)c(F)c1. The molecular weight excluding hydrogens is 295 g/mol. The topological polar surface area (TPSA) is 70.0 Å². The van der Waals surface area contributed by atoms with E-state index in [0.29, 0.717) is 22.9 Å². The summed E-state index contributed by atoms with van der Waals surface area (Å²) in [4.78, 5) is 4.35. The van der Waals surface area contributed by atoms with E-state index in [9.17, 15) is 4.39 Å². The second-order valence-corrected chi connectivity index (χ2v) is 5.47. The van der Waals surface area contributed by atoms with Gasteiger partial charge in [-0.2, -0.15) is 10.2 Å². The number of aromatic nitrogens is 1. The lowest BCUT2D eigenvalue weighted by atomic mass is 10.0. The largest absolute Gasteiger partial charge is 0.473 e. The number of pyridine rings is 1. The van der Waals surface area contributed by atoms with Crippen molar-refractivity contribution in [2.24, 2.45) is 5.92 Å². The van der Waals surface area contributed by atoms with E-state index >= 15 is 0 Å². The van der Waals surface area contributed by atoms with Gasteiger partial charge in [-0.15, -0.1) is 0 Å². The molecule has 1 fully saturated rings. The van der Waals surface area contributed by atoms with Gasteiger partial charge in [0.2, 0.25) is 5.88 Å². The molecule has 0 aliphatic carbocycles. The van der Waals surface area contributed by atoms with E-state index in [0.717, 1.165) is 25.5 Å². The average molecular weight is 312 g/mol. The van der Waals surface area contributed by atoms with Crippen LogP contribution in [0.4, 0.5) is 10.2 Å². The normalized spacial score (nSPS) is 13.9. The van der Waals surface area contributed by atoms with Gasteiger partial charge in [0.1, 0.15) is 18.2 Å². The van der Waals surface area contributed by atoms with Gasteiger partial charge in [0.15, 0.2) is 0 Å². The number of halogens is 1. The number of hydrogen-bond donors (Lipinski definition) is 2. The van der Waals surface area contributed by atoms with Gasteiger partial charge < -0.3 is 15.4 Å². The summed E-state index contributed by atoms with van der Waals surface area (Å²) in [7, 11) is 0. The highest BCUT2D eigenvalue weighted by Gasteiger charge is 2.16. The van der Waals surface area contributed by atoms with E-state index in [4.69, 9.17) is 10.00 Å².